The SMILES string of the molecule is COC[C@H](C)Oc1cc(O)cc(C2=CC=C(C(=O)O)[N+]2(C(=O)O)C(C)(C)C)c1. The van der Waals surface area contributed by atoms with Crippen LogP contribution in [0.2, 0.25) is 0 Å². The van der Waals surface area contributed by atoms with Crippen molar-refractivity contribution in [1.82, 2.24) is 0 Å². The number of carbonyl (C=O) groups is 2. The lowest BCUT2D eigenvalue weighted by atomic mass is 9.97. The van der Waals surface area contributed by atoms with E-state index in [1.54, 1.807) is 33.8 Å². The molecule has 2 rings (SSSR count). The number of methoxy groups -OCH3 is 1. The number of hydrogen-bond donors (Lipinski definition) is 3. The first-order valence-electron chi connectivity index (χ1n) is 8.74. The van der Waals surface area contributed by atoms with Crippen LogP contribution in [0.15, 0.2) is 36.0 Å². The van der Waals surface area contributed by atoms with Gasteiger partial charge in [0.05, 0.1) is 6.61 Å². The highest BCUT2D eigenvalue weighted by Crippen LogP contribution is 2.46. The number of allylic oxidation sites excluding steroid dienone is 2. The predicted molar refractivity (Wildman–Crippen MR) is 102 cm³/mol. The molecule has 1 aromatic rings. The van der Waals surface area contributed by atoms with Gasteiger partial charge in [0.2, 0.25) is 5.70 Å². The molecule has 1 aromatic carbocycles. The van der Waals surface area contributed by atoms with Gasteiger partial charge in [0.15, 0.2) is 5.70 Å². The number of nitrogens with zero attached hydrogens (tertiary/aromatic N) is 1. The van der Waals surface area contributed by atoms with Crippen LogP contribution in [-0.4, -0.2) is 57.2 Å². The van der Waals surface area contributed by atoms with Crippen molar-refractivity contribution in [3.05, 3.63) is 41.6 Å². The average Bonchev–Trinajstić information content (AvgIpc) is 2.95. The molecule has 0 saturated heterocycles. The lowest BCUT2D eigenvalue weighted by Crippen LogP contribution is -2.61. The van der Waals surface area contributed by atoms with Crippen LogP contribution in [-0.2, 0) is 9.53 Å². The molecule has 0 aromatic heterocycles. The summed E-state index contributed by atoms with van der Waals surface area (Å²) in [4.78, 5) is 24.2. The number of ether oxygens (including phenoxy) is 2. The number of benzene rings is 1. The van der Waals surface area contributed by atoms with Crippen molar-refractivity contribution in [1.29, 1.82) is 0 Å². The molecule has 1 aliphatic heterocycles. The van der Waals surface area contributed by atoms with Gasteiger partial charge in [-0.3, -0.25) is 0 Å². The molecule has 3 N–H and O–H groups in total. The van der Waals surface area contributed by atoms with Crippen LogP contribution in [0, 0.1) is 0 Å². The molecule has 0 saturated carbocycles. The lowest BCUT2D eigenvalue weighted by molar-refractivity contribution is -0.792. The minimum absolute atomic E-state index is 0.126. The Labute approximate surface area is 163 Å². The van der Waals surface area contributed by atoms with Gasteiger partial charge >= 0.3 is 12.1 Å². The topological polar surface area (TPSA) is 113 Å². The maximum atomic E-state index is 12.4. The second kappa shape index (κ2) is 7.65. The largest absolute Gasteiger partial charge is 0.524 e. The Balaban J connectivity index is 2.62. The number of rotatable bonds is 6. The fourth-order valence-corrected chi connectivity index (χ4v) is 3.53. The third-order valence-electron chi connectivity index (χ3n) is 4.56. The Hall–Kier alpha value is -2.84. The number of aliphatic carboxylic acids is 1. The van der Waals surface area contributed by atoms with Crippen molar-refractivity contribution in [3.63, 3.8) is 0 Å². The summed E-state index contributed by atoms with van der Waals surface area (Å²) in [6.45, 7) is 7.07. The molecule has 28 heavy (non-hydrogen) atoms. The molecular formula is C20H26NO7+. The molecule has 1 amide bonds. The first-order valence-corrected chi connectivity index (χ1v) is 8.74. The van der Waals surface area contributed by atoms with Crippen LogP contribution in [0.3, 0.4) is 0 Å². The maximum absolute atomic E-state index is 12.4. The van der Waals surface area contributed by atoms with Gasteiger partial charge in [-0.1, -0.05) is 0 Å². The number of quaternary nitrogens is 1. The Morgan fingerprint density at radius 3 is 2.29 bits per heavy atom. The average molecular weight is 392 g/mol. The number of carboxylic acid groups (broad SMARTS) is 2. The van der Waals surface area contributed by atoms with Crippen LogP contribution in [0.5, 0.6) is 11.5 Å². The standard InChI is InChI=1S/C20H25NO7/c1-12(11-27-5)28-15-9-13(8-14(22)10-15)16-6-7-17(18(23)24)21(16,19(25)26)20(2,3)4/h6-10,12H,11H2,1-5H3,(H2-,22,23,24,25,26)/p+1/t12-,21?/m0/s1. The normalized spacial score (nSPS) is 20.3. The minimum Gasteiger partial charge on any atom is -0.508 e. The van der Waals surface area contributed by atoms with E-state index in [9.17, 15) is 24.9 Å². The van der Waals surface area contributed by atoms with Gasteiger partial charge in [0.25, 0.3) is 0 Å². The lowest BCUT2D eigenvalue weighted by Gasteiger charge is -2.41. The van der Waals surface area contributed by atoms with Crippen molar-refractivity contribution in [3.8, 4) is 11.5 Å². The van der Waals surface area contributed by atoms with Crippen LogP contribution in [0.25, 0.3) is 5.70 Å². The number of phenols is 1. The van der Waals surface area contributed by atoms with Gasteiger partial charge in [-0.2, -0.15) is 4.79 Å². The molecule has 1 heterocycles. The summed E-state index contributed by atoms with van der Waals surface area (Å²) >= 11 is 0. The van der Waals surface area contributed by atoms with Crippen molar-refractivity contribution in [2.24, 2.45) is 0 Å². The first kappa shape index (κ1) is 21.5. The molecule has 0 radical (unpaired) electrons. The van der Waals surface area contributed by atoms with Gasteiger partial charge < -0.3 is 24.8 Å². The van der Waals surface area contributed by atoms with Crippen molar-refractivity contribution < 1.29 is 38.9 Å². The molecule has 1 unspecified atom stereocenters. The quantitative estimate of drug-likeness (QED) is 0.636. The zero-order valence-electron chi connectivity index (χ0n) is 16.6. The predicted octanol–water partition coefficient (Wildman–Crippen LogP) is 3.42. The molecule has 8 heteroatoms. The summed E-state index contributed by atoms with van der Waals surface area (Å²) in [5.74, 6) is -1.13. The summed E-state index contributed by atoms with van der Waals surface area (Å²) in [5.41, 5.74) is -0.732. The Morgan fingerprint density at radius 1 is 1.14 bits per heavy atom. The van der Waals surface area contributed by atoms with E-state index in [2.05, 4.69) is 0 Å². The summed E-state index contributed by atoms with van der Waals surface area (Å²) in [5, 5.41) is 29.9. The molecule has 0 aliphatic carbocycles. The van der Waals surface area contributed by atoms with Crippen molar-refractivity contribution >= 4 is 17.8 Å². The van der Waals surface area contributed by atoms with Crippen LogP contribution < -0.4 is 4.74 Å². The molecule has 0 bridgehead atoms. The van der Waals surface area contributed by atoms with E-state index in [0.29, 0.717) is 17.9 Å². The number of carboxylic acids is 1. The zero-order chi connectivity index (χ0) is 21.3. The molecule has 8 nitrogen and oxygen atoms in total. The monoisotopic (exact) mass is 392 g/mol. The minimum atomic E-state index is -1.33. The summed E-state index contributed by atoms with van der Waals surface area (Å²) in [7, 11) is 1.54. The molecule has 1 aliphatic rings. The van der Waals surface area contributed by atoms with Crippen LogP contribution in [0.1, 0.15) is 33.3 Å². The van der Waals surface area contributed by atoms with Gasteiger partial charge in [-0.05, 0) is 39.8 Å². The van der Waals surface area contributed by atoms with Crippen molar-refractivity contribution in [2.45, 2.75) is 39.3 Å². The first-order chi connectivity index (χ1) is 12.9. The fourth-order valence-electron chi connectivity index (χ4n) is 3.53. The van der Waals surface area contributed by atoms with Crippen LogP contribution in [0.4, 0.5) is 4.79 Å². The molecule has 2 atom stereocenters. The van der Waals surface area contributed by atoms with Crippen molar-refractivity contribution in [2.75, 3.05) is 13.7 Å². The summed E-state index contributed by atoms with van der Waals surface area (Å²) in [6.07, 6.45) is 1.12. The summed E-state index contributed by atoms with van der Waals surface area (Å²) in [6, 6.07) is 4.38. The highest BCUT2D eigenvalue weighted by atomic mass is 16.5. The number of aromatic hydroxyl groups is 1. The Morgan fingerprint density at radius 2 is 1.79 bits per heavy atom. The van der Waals surface area contributed by atoms with Gasteiger partial charge in [-0.25, -0.2) is 4.79 Å². The number of phenolic OH excluding ortho intramolecular Hbond substituents is 1. The third-order valence-corrected chi connectivity index (χ3v) is 4.56. The van der Waals surface area contributed by atoms with Gasteiger partial charge in [0.1, 0.15) is 23.1 Å². The van der Waals surface area contributed by atoms with Crippen LogP contribution >= 0.6 is 0 Å². The highest BCUT2D eigenvalue weighted by molar-refractivity contribution is 5.92. The molecular weight excluding hydrogens is 366 g/mol. The third kappa shape index (κ3) is 3.61. The van der Waals surface area contributed by atoms with E-state index in [4.69, 9.17) is 9.47 Å². The number of hydrogen-bond acceptors (Lipinski definition) is 5. The van der Waals surface area contributed by atoms with E-state index in [1.165, 1.54) is 31.4 Å². The smallest absolute Gasteiger partial charge is 0.508 e. The molecule has 152 valence electrons. The second-order valence-corrected chi connectivity index (χ2v) is 7.63. The van der Waals surface area contributed by atoms with Gasteiger partial charge in [-0.15, -0.1) is 4.48 Å². The Bertz CT molecular complexity index is 851. The highest BCUT2D eigenvalue weighted by Gasteiger charge is 2.59. The summed E-state index contributed by atoms with van der Waals surface area (Å²) < 4.78 is 9.84. The maximum Gasteiger partial charge on any atom is 0.524 e. The Kier molecular flexibility index (Phi) is 5.86. The van der Waals surface area contributed by atoms with E-state index in [-0.39, 0.29) is 23.2 Å². The van der Waals surface area contributed by atoms with E-state index in [0.717, 1.165) is 0 Å². The molecule has 0 spiro atoms. The van der Waals surface area contributed by atoms with E-state index < -0.39 is 22.1 Å². The van der Waals surface area contributed by atoms with E-state index in [1.807, 2.05) is 0 Å². The number of amides is 1. The zero-order valence-corrected chi connectivity index (χ0v) is 16.6. The van der Waals surface area contributed by atoms with Gasteiger partial charge in [0, 0.05) is 30.9 Å². The van der Waals surface area contributed by atoms with E-state index >= 15 is 0 Å². The fraction of sp³-hybridized carbons (Fsp3) is 0.400. The second-order valence-electron chi connectivity index (χ2n) is 7.63. The molecule has 0 fully saturated rings.